The highest BCUT2D eigenvalue weighted by Crippen LogP contribution is 2.24. The molecular weight excluding hydrogens is 448 g/mol. The monoisotopic (exact) mass is 466 g/mol. The minimum atomic E-state index is -0.625. The molecule has 0 bridgehead atoms. The Hall–Kier alpha value is -2.38. The minimum Gasteiger partial charge on any atom is -0.456 e. The Kier molecular flexibility index (Phi) is 8.02. The van der Waals surface area contributed by atoms with Crippen molar-refractivity contribution in [1.82, 2.24) is 0 Å². The van der Waals surface area contributed by atoms with Crippen molar-refractivity contribution in [1.29, 1.82) is 0 Å². The van der Waals surface area contributed by atoms with Crippen LogP contribution in [0.15, 0.2) is 40.9 Å². The number of hydrogen-bond donors (Lipinski definition) is 2. The number of carbonyl (C=O) groups is 3. The molecule has 2 aromatic carbocycles. The van der Waals surface area contributed by atoms with Gasteiger partial charge in [-0.05, 0) is 55.3 Å². The lowest BCUT2D eigenvalue weighted by Gasteiger charge is -2.11. The largest absolute Gasteiger partial charge is 0.456 e. The van der Waals surface area contributed by atoms with Crippen molar-refractivity contribution in [2.24, 2.45) is 0 Å². The van der Waals surface area contributed by atoms with Crippen molar-refractivity contribution in [3.05, 3.63) is 57.0 Å². The zero-order valence-corrected chi connectivity index (χ0v) is 17.8. The Bertz CT molecular complexity index is 902. The molecule has 0 aliphatic rings. The third-order valence-corrected chi connectivity index (χ3v) is 4.90. The van der Waals surface area contributed by atoms with E-state index in [1.807, 2.05) is 26.0 Å². The van der Waals surface area contributed by atoms with Crippen molar-refractivity contribution in [3.8, 4) is 0 Å². The summed E-state index contributed by atoms with van der Waals surface area (Å²) in [6.07, 6.45) is -0.186. The van der Waals surface area contributed by atoms with Crippen LogP contribution in [0.4, 0.5) is 11.4 Å². The van der Waals surface area contributed by atoms with Gasteiger partial charge in [-0.2, -0.15) is 0 Å². The number of anilines is 2. The van der Waals surface area contributed by atoms with E-state index in [1.165, 1.54) is 0 Å². The highest BCUT2D eigenvalue weighted by Gasteiger charge is 2.12. The average Bonchev–Trinajstić information content (AvgIpc) is 2.63. The number of hydrogen-bond acceptors (Lipinski definition) is 4. The van der Waals surface area contributed by atoms with Gasteiger partial charge in [0.25, 0.3) is 5.91 Å². The lowest BCUT2D eigenvalue weighted by atomic mass is 10.1. The Morgan fingerprint density at radius 2 is 1.75 bits per heavy atom. The molecule has 148 valence electrons. The van der Waals surface area contributed by atoms with Crippen LogP contribution < -0.4 is 10.6 Å². The standard InChI is InChI=1S/C20H20BrClN2O4/c1-12-9-17(13(2)8-16(12)21)24-19(26)11-28-20(27)7-6-18(25)23-15-5-3-4-14(22)10-15/h3-5,8-10H,6-7,11H2,1-2H3,(H,23,25)(H,24,26). The fourth-order valence-corrected chi connectivity index (χ4v) is 2.97. The van der Waals surface area contributed by atoms with Gasteiger partial charge in [-0.25, -0.2) is 0 Å². The van der Waals surface area contributed by atoms with Gasteiger partial charge >= 0.3 is 5.97 Å². The molecule has 0 atom stereocenters. The van der Waals surface area contributed by atoms with Crippen LogP contribution in [-0.2, 0) is 19.1 Å². The highest BCUT2D eigenvalue weighted by atomic mass is 79.9. The lowest BCUT2D eigenvalue weighted by Crippen LogP contribution is -2.22. The van der Waals surface area contributed by atoms with Crippen LogP contribution in [0.1, 0.15) is 24.0 Å². The molecule has 0 saturated heterocycles. The summed E-state index contributed by atoms with van der Waals surface area (Å²) in [6.45, 7) is 3.36. The van der Waals surface area contributed by atoms with Crippen LogP contribution in [0.2, 0.25) is 5.02 Å². The number of rotatable bonds is 7. The number of halogens is 2. The van der Waals surface area contributed by atoms with E-state index in [0.29, 0.717) is 16.4 Å². The molecule has 0 aliphatic heterocycles. The summed E-state index contributed by atoms with van der Waals surface area (Å²) in [4.78, 5) is 35.6. The zero-order chi connectivity index (χ0) is 20.7. The molecule has 2 N–H and O–H groups in total. The third-order valence-electron chi connectivity index (χ3n) is 3.81. The van der Waals surface area contributed by atoms with Crippen molar-refractivity contribution in [2.45, 2.75) is 26.7 Å². The van der Waals surface area contributed by atoms with Crippen molar-refractivity contribution < 1.29 is 19.1 Å². The van der Waals surface area contributed by atoms with E-state index in [9.17, 15) is 14.4 Å². The number of nitrogens with one attached hydrogen (secondary N) is 2. The second-order valence-corrected chi connectivity index (χ2v) is 7.47. The first-order chi connectivity index (χ1) is 13.2. The Labute approximate surface area is 176 Å². The predicted molar refractivity (Wildman–Crippen MR) is 113 cm³/mol. The van der Waals surface area contributed by atoms with Gasteiger partial charge in [-0.1, -0.05) is 33.6 Å². The SMILES string of the molecule is Cc1cc(NC(=O)COC(=O)CCC(=O)Nc2cccc(Cl)c2)c(C)cc1Br. The molecule has 2 aromatic rings. The Morgan fingerprint density at radius 1 is 1.00 bits per heavy atom. The van der Waals surface area contributed by atoms with Crippen molar-refractivity contribution >= 4 is 56.7 Å². The number of esters is 1. The smallest absolute Gasteiger partial charge is 0.306 e. The molecule has 0 unspecified atom stereocenters. The first-order valence-corrected chi connectivity index (χ1v) is 9.69. The van der Waals surface area contributed by atoms with Gasteiger partial charge in [-0.15, -0.1) is 0 Å². The topological polar surface area (TPSA) is 84.5 Å². The normalized spacial score (nSPS) is 10.3. The molecule has 0 saturated carbocycles. The maximum absolute atomic E-state index is 12.0. The summed E-state index contributed by atoms with van der Waals surface area (Å²) in [5.41, 5.74) is 3.06. The molecule has 0 aliphatic carbocycles. The van der Waals surface area contributed by atoms with Crippen LogP contribution in [-0.4, -0.2) is 24.4 Å². The number of aryl methyl sites for hydroxylation is 2. The molecular formula is C20H20BrClN2O4. The van der Waals surface area contributed by atoms with Crippen molar-refractivity contribution in [2.75, 3.05) is 17.2 Å². The number of ether oxygens (including phenoxy) is 1. The lowest BCUT2D eigenvalue weighted by molar-refractivity contribution is -0.147. The fourth-order valence-electron chi connectivity index (χ4n) is 2.33. The number of carbonyl (C=O) groups excluding carboxylic acids is 3. The summed E-state index contributed by atoms with van der Waals surface area (Å²) in [6, 6.07) is 10.4. The maximum atomic E-state index is 12.0. The molecule has 0 aromatic heterocycles. The summed E-state index contributed by atoms with van der Waals surface area (Å²) >= 11 is 9.27. The number of benzene rings is 2. The van der Waals surface area contributed by atoms with E-state index in [1.54, 1.807) is 24.3 Å². The van der Waals surface area contributed by atoms with Crippen LogP contribution in [0.25, 0.3) is 0 Å². The predicted octanol–water partition coefficient (Wildman–Crippen LogP) is 4.62. The number of amides is 2. The first-order valence-electron chi connectivity index (χ1n) is 8.52. The molecule has 8 heteroatoms. The van der Waals surface area contributed by atoms with Crippen LogP contribution in [0, 0.1) is 13.8 Å². The maximum Gasteiger partial charge on any atom is 0.306 e. The summed E-state index contributed by atoms with van der Waals surface area (Å²) in [7, 11) is 0. The van der Waals surface area contributed by atoms with Crippen molar-refractivity contribution in [3.63, 3.8) is 0 Å². The Morgan fingerprint density at radius 3 is 2.46 bits per heavy atom. The molecule has 0 spiro atoms. The van der Waals surface area contributed by atoms with E-state index in [0.717, 1.165) is 15.6 Å². The first kappa shape index (κ1) is 21.9. The van der Waals surface area contributed by atoms with Gasteiger partial charge in [-0.3, -0.25) is 14.4 Å². The molecule has 0 heterocycles. The van der Waals surface area contributed by atoms with E-state index < -0.39 is 18.5 Å². The zero-order valence-electron chi connectivity index (χ0n) is 15.5. The van der Waals surface area contributed by atoms with E-state index in [-0.39, 0.29) is 18.7 Å². The van der Waals surface area contributed by atoms with Gasteiger partial charge in [0.15, 0.2) is 6.61 Å². The second kappa shape index (κ2) is 10.2. The second-order valence-electron chi connectivity index (χ2n) is 6.18. The molecule has 0 radical (unpaired) electrons. The Balaban J connectivity index is 1.74. The van der Waals surface area contributed by atoms with Crippen LogP contribution in [0.3, 0.4) is 0 Å². The molecule has 6 nitrogen and oxygen atoms in total. The van der Waals surface area contributed by atoms with Gasteiger partial charge in [0, 0.05) is 27.3 Å². The summed E-state index contributed by atoms with van der Waals surface area (Å²) in [5.74, 6) is -1.41. The van der Waals surface area contributed by atoms with Gasteiger partial charge in [0.05, 0.1) is 6.42 Å². The fraction of sp³-hybridized carbons (Fsp3) is 0.250. The van der Waals surface area contributed by atoms with Crippen LogP contribution >= 0.6 is 27.5 Å². The van der Waals surface area contributed by atoms with Gasteiger partial charge in [0.1, 0.15) is 0 Å². The molecule has 2 amide bonds. The molecule has 0 fully saturated rings. The quantitative estimate of drug-likeness (QED) is 0.582. The van der Waals surface area contributed by atoms with E-state index >= 15 is 0 Å². The highest BCUT2D eigenvalue weighted by molar-refractivity contribution is 9.10. The minimum absolute atomic E-state index is 0.0576. The molecule has 2 rings (SSSR count). The van der Waals surface area contributed by atoms with Gasteiger partial charge in [0.2, 0.25) is 5.91 Å². The summed E-state index contributed by atoms with van der Waals surface area (Å²) in [5, 5.41) is 5.84. The average molecular weight is 468 g/mol. The van der Waals surface area contributed by atoms with Crippen LogP contribution in [0.5, 0.6) is 0 Å². The van der Waals surface area contributed by atoms with E-state index in [4.69, 9.17) is 16.3 Å². The van der Waals surface area contributed by atoms with Gasteiger partial charge < -0.3 is 15.4 Å². The van der Waals surface area contributed by atoms with E-state index in [2.05, 4.69) is 26.6 Å². The summed E-state index contributed by atoms with van der Waals surface area (Å²) < 4.78 is 5.88. The third kappa shape index (κ3) is 6.98. The molecule has 28 heavy (non-hydrogen) atoms.